The summed E-state index contributed by atoms with van der Waals surface area (Å²) in [5.41, 5.74) is -3.51. The van der Waals surface area contributed by atoms with Crippen molar-refractivity contribution in [2.24, 2.45) is 0 Å². The summed E-state index contributed by atoms with van der Waals surface area (Å²) in [6.45, 7) is 0. The Morgan fingerprint density at radius 3 is 2.52 bits per heavy atom. The zero-order valence-corrected chi connectivity index (χ0v) is 10.6. The van der Waals surface area contributed by atoms with Crippen LogP contribution in [0.3, 0.4) is 0 Å². The van der Waals surface area contributed by atoms with Gasteiger partial charge in [0.15, 0.2) is 12.0 Å². The number of alkyl halides is 3. The number of carboxylic acids is 1. The molecule has 0 amide bonds. The van der Waals surface area contributed by atoms with Crippen molar-refractivity contribution in [2.45, 2.75) is 6.18 Å². The minimum atomic E-state index is -5.00. The predicted octanol–water partition coefficient (Wildman–Crippen LogP) is 2.77. The summed E-state index contributed by atoms with van der Waals surface area (Å²) in [6.07, 6.45) is -4.92. The molecule has 0 radical (unpaired) electrons. The summed E-state index contributed by atoms with van der Waals surface area (Å²) in [4.78, 5) is 25.5. The SMILES string of the molecule is COc1ccc2c(C=O)c(C(=O)O)c(C(F)(F)F)nc2c1. The Bertz CT molecular complexity index is 740. The number of hydrogen-bond acceptors (Lipinski definition) is 4. The third kappa shape index (κ3) is 2.51. The maximum atomic E-state index is 13.0. The van der Waals surface area contributed by atoms with E-state index in [0.29, 0.717) is 0 Å². The number of fused-ring (bicyclic) bond motifs is 1. The van der Waals surface area contributed by atoms with Crippen LogP contribution in [0.15, 0.2) is 18.2 Å². The number of ether oxygens (including phenoxy) is 1. The third-order valence-corrected chi connectivity index (χ3v) is 2.83. The summed E-state index contributed by atoms with van der Waals surface area (Å²) < 4.78 is 43.8. The molecule has 1 heterocycles. The molecular formula is C13H8F3NO4. The Morgan fingerprint density at radius 1 is 1.38 bits per heavy atom. The van der Waals surface area contributed by atoms with Gasteiger partial charge >= 0.3 is 12.1 Å². The number of rotatable bonds is 3. The normalized spacial score (nSPS) is 11.4. The lowest BCUT2D eigenvalue weighted by Gasteiger charge is -2.13. The van der Waals surface area contributed by atoms with E-state index in [-0.39, 0.29) is 22.9 Å². The van der Waals surface area contributed by atoms with E-state index in [4.69, 9.17) is 9.84 Å². The van der Waals surface area contributed by atoms with Crippen molar-refractivity contribution in [1.82, 2.24) is 4.98 Å². The van der Waals surface area contributed by atoms with Crippen LogP contribution in [0.4, 0.5) is 13.2 Å². The lowest BCUT2D eigenvalue weighted by atomic mass is 10.0. The minimum Gasteiger partial charge on any atom is -0.497 e. The highest BCUT2D eigenvalue weighted by atomic mass is 19.4. The molecule has 5 nitrogen and oxygen atoms in total. The molecule has 1 N–H and O–H groups in total. The fraction of sp³-hybridized carbons (Fsp3) is 0.154. The van der Waals surface area contributed by atoms with Crippen LogP contribution in [-0.4, -0.2) is 29.5 Å². The topological polar surface area (TPSA) is 76.5 Å². The molecule has 21 heavy (non-hydrogen) atoms. The number of hydrogen-bond donors (Lipinski definition) is 1. The van der Waals surface area contributed by atoms with Crippen LogP contribution < -0.4 is 4.74 Å². The van der Waals surface area contributed by atoms with Crippen molar-refractivity contribution in [1.29, 1.82) is 0 Å². The van der Waals surface area contributed by atoms with Crippen molar-refractivity contribution < 1.29 is 32.6 Å². The molecule has 2 aromatic rings. The molecule has 8 heteroatoms. The second-order valence-corrected chi connectivity index (χ2v) is 4.05. The number of carboxylic acid groups (broad SMARTS) is 1. The molecule has 0 fully saturated rings. The molecule has 0 unspecified atom stereocenters. The molecular weight excluding hydrogens is 291 g/mol. The van der Waals surface area contributed by atoms with Crippen LogP contribution in [0.25, 0.3) is 10.9 Å². The van der Waals surface area contributed by atoms with Gasteiger partial charge in [0, 0.05) is 17.0 Å². The first-order chi connectivity index (χ1) is 9.79. The van der Waals surface area contributed by atoms with Crippen molar-refractivity contribution in [3.05, 3.63) is 35.0 Å². The molecule has 2 rings (SSSR count). The van der Waals surface area contributed by atoms with Crippen LogP contribution in [0, 0.1) is 0 Å². The van der Waals surface area contributed by atoms with E-state index in [1.165, 1.54) is 25.3 Å². The van der Waals surface area contributed by atoms with Crippen LogP contribution >= 0.6 is 0 Å². The number of halogens is 3. The van der Waals surface area contributed by atoms with Crippen LogP contribution in [0.5, 0.6) is 5.75 Å². The number of pyridine rings is 1. The van der Waals surface area contributed by atoms with Gasteiger partial charge in [0.1, 0.15) is 11.3 Å². The number of carbonyl (C=O) groups excluding carboxylic acids is 1. The third-order valence-electron chi connectivity index (χ3n) is 2.83. The first-order valence-corrected chi connectivity index (χ1v) is 5.57. The number of aromatic carboxylic acids is 1. The molecule has 0 aliphatic heterocycles. The van der Waals surface area contributed by atoms with Gasteiger partial charge in [0.25, 0.3) is 0 Å². The smallest absolute Gasteiger partial charge is 0.434 e. The van der Waals surface area contributed by atoms with Crippen molar-refractivity contribution >= 4 is 23.2 Å². The number of methoxy groups -OCH3 is 1. The molecule has 1 aromatic carbocycles. The highest BCUT2D eigenvalue weighted by Crippen LogP contribution is 2.35. The van der Waals surface area contributed by atoms with E-state index in [1.54, 1.807) is 0 Å². The molecule has 0 saturated heterocycles. The maximum absolute atomic E-state index is 13.0. The summed E-state index contributed by atoms with van der Waals surface area (Å²) >= 11 is 0. The monoisotopic (exact) mass is 299 g/mol. The fourth-order valence-electron chi connectivity index (χ4n) is 1.94. The van der Waals surface area contributed by atoms with Gasteiger partial charge in [-0.1, -0.05) is 0 Å². The molecule has 0 spiro atoms. The Balaban J connectivity index is 2.97. The lowest BCUT2D eigenvalue weighted by molar-refractivity contribution is -0.141. The van der Waals surface area contributed by atoms with Gasteiger partial charge in [-0.3, -0.25) is 4.79 Å². The Morgan fingerprint density at radius 2 is 2.05 bits per heavy atom. The molecule has 1 aromatic heterocycles. The van der Waals surface area contributed by atoms with Gasteiger partial charge in [-0.05, 0) is 12.1 Å². The maximum Gasteiger partial charge on any atom is 0.434 e. The van der Waals surface area contributed by atoms with Crippen molar-refractivity contribution in [3.63, 3.8) is 0 Å². The van der Waals surface area contributed by atoms with Crippen LogP contribution in [-0.2, 0) is 6.18 Å². The van der Waals surface area contributed by atoms with E-state index in [2.05, 4.69) is 4.98 Å². The quantitative estimate of drug-likeness (QED) is 0.882. The van der Waals surface area contributed by atoms with E-state index >= 15 is 0 Å². The number of aldehydes is 1. The van der Waals surface area contributed by atoms with Gasteiger partial charge in [-0.2, -0.15) is 13.2 Å². The summed E-state index contributed by atoms with van der Waals surface area (Å²) in [6, 6.07) is 3.89. The summed E-state index contributed by atoms with van der Waals surface area (Å²) in [5, 5.41) is 8.99. The molecule has 0 aliphatic carbocycles. The zero-order chi connectivity index (χ0) is 15.8. The predicted molar refractivity (Wildman–Crippen MR) is 65.6 cm³/mol. The van der Waals surface area contributed by atoms with Crippen LogP contribution in [0.1, 0.15) is 26.4 Å². The van der Waals surface area contributed by atoms with Gasteiger partial charge in [0.2, 0.25) is 0 Å². The summed E-state index contributed by atoms with van der Waals surface area (Å²) in [7, 11) is 1.32. The molecule has 0 bridgehead atoms. The number of carbonyl (C=O) groups is 2. The molecule has 0 atom stereocenters. The van der Waals surface area contributed by atoms with Crippen LogP contribution in [0.2, 0.25) is 0 Å². The van der Waals surface area contributed by atoms with E-state index in [1.807, 2.05) is 0 Å². The lowest BCUT2D eigenvalue weighted by Crippen LogP contribution is -2.18. The minimum absolute atomic E-state index is 0.0104. The largest absolute Gasteiger partial charge is 0.497 e. The van der Waals surface area contributed by atoms with Crippen molar-refractivity contribution in [2.75, 3.05) is 7.11 Å². The second kappa shape index (κ2) is 5.04. The van der Waals surface area contributed by atoms with Gasteiger partial charge < -0.3 is 9.84 Å². The Hall–Kier alpha value is -2.64. The Labute approximate surface area is 116 Å². The average Bonchev–Trinajstić information content (AvgIpc) is 2.43. The molecule has 110 valence electrons. The standard InChI is InChI=1S/C13H8F3NO4/c1-21-6-2-3-7-8(5-18)10(12(19)20)11(13(14,15)16)17-9(7)4-6/h2-5H,1H3,(H,19,20). The van der Waals surface area contributed by atoms with E-state index in [0.717, 1.165) is 0 Å². The average molecular weight is 299 g/mol. The second-order valence-electron chi connectivity index (χ2n) is 4.05. The van der Waals surface area contributed by atoms with E-state index in [9.17, 15) is 22.8 Å². The first-order valence-electron chi connectivity index (χ1n) is 5.57. The highest BCUT2D eigenvalue weighted by Gasteiger charge is 2.39. The number of aromatic nitrogens is 1. The fourth-order valence-corrected chi connectivity index (χ4v) is 1.94. The summed E-state index contributed by atoms with van der Waals surface area (Å²) in [5.74, 6) is -1.63. The highest BCUT2D eigenvalue weighted by molar-refractivity contribution is 6.07. The van der Waals surface area contributed by atoms with Crippen molar-refractivity contribution in [3.8, 4) is 5.75 Å². The number of nitrogens with zero attached hydrogens (tertiary/aromatic N) is 1. The van der Waals surface area contributed by atoms with Gasteiger partial charge in [-0.25, -0.2) is 9.78 Å². The Kier molecular flexibility index (Phi) is 3.54. The van der Waals surface area contributed by atoms with Gasteiger partial charge in [0.05, 0.1) is 12.6 Å². The van der Waals surface area contributed by atoms with Gasteiger partial charge in [-0.15, -0.1) is 0 Å². The molecule has 0 aliphatic rings. The molecule has 0 saturated carbocycles. The number of benzene rings is 1. The van der Waals surface area contributed by atoms with E-state index < -0.39 is 29.0 Å². The first kappa shape index (κ1) is 14.8. The zero-order valence-electron chi connectivity index (χ0n) is 10.6.